The second-order valence-electron chi connectivity index (χ2n) is 8.25. The van der Waals surface area contributed by atoms with Gasteiger partial charge < -0.3 is 14.8 Å². The molecule has 1 amide bonds. The van der Waals surface area contributed by atoms with Crippen LogP contribution in [0.15, 0.2) is 23.2 Å². The van der Waals surface area contributed by atoms with E-state index in [1.807, 2.05) is 29.5 Å². The summed E-state index contributed by atoms with van der Waals surface area (Å²) in [6.07, 6.45) is 7.06. The van der Waals surface area contributed by atoms with Gasteiger partial charge in [0.1, 0.15) is 28.9 Å². The summed E-state index contributed by atoms with van der Waals surface area (Å²) < 4.78 is 11.2. The number of carbonyl (C=O) groups is 1. The summed E-state index contributed by atoms with van der Waals surface area (Å²) in [6.45, 7) is 1.08. The Balaban J connectivity index is 1.23. The van der Waals surface area contributed by atoms with Gasteiger partial charge in [-0.3, -0.25) is 4.79 Å². The topological polar surface area (TPSA) is 73.3 Å². The van der Waals surface area contributed by atoms with E-state index in [2.05, 4.69) is 5.32 Å². The van der Waals surface area contributed by atoms with Crippen molar-refractivity contribution in [1.82, 2.24) is 9.97 Å². The number of aromatic nitrogens is 2. The molecular weight excluding hydrogens is 430 g/mol. The SMILES string of the molecule is O=C(CSc1nc(C2CC2)nc2sc3c(c12)CCCC3)Nc1ccc2c(c1)OCCO2. The van der Waals surface area contributed by atoms with Gasteiger partial charge in [0, 0.05) is 27.9 Å². The van der Waals surface area contributed by atoms with E-state index >= 15 is 0 Å². The van der Waals surface area contributed by atoms with Gasteiger partial charge in [-0.1, -0.05) is 11.8 Å². The molecule has 0 atom stereocenters. The molecule has 0 saturated heterocycles. The summed E-state index contributed by atoms with van der Waals surface area (Å²) in [6, 6.07) is 5.50. The minimum Gasteiger partial charge on any atom is -0.486 e. The van der Waals surface area contributed by atoms with E-state index in [4.69, 9.17) is 19.4 Å². The largest absolute Gasteiger partial charge is 0.486 e. The first-order valence-electron chi connectivity index (χ1n) is 10.9. The van der Waals surface area contributed by atoms with Crippen molar-refractivity contribution in [2.75, 3.05) is 24.3 Å². The van der Waals surface area contributed by atoms with Gasteiger partial charge in [-0.25, -0.2) is 9.97 Å². The fourth-order valence-electron chi connectivity index (χ4n) is 4.22. The monoisotopic (exact) mass is 453 g/mol. The van der Waals surface area contributed by atoms with E-state index in [1.54, 1.807) is 0 Å². The van der Waals surface area contributed by atoms with E-state index in [9.17, 15) is 4.79 Å². The molecular formula is C23H23N3O3S2. The van der Waals surface area contributed by atoms with Crippen LogP contribution in [0.1, 0.15) is 47.9 Å². The van der Waals surface area contributed by atoms with Crippen molar-refractivity contribution in [1.29, 1.82) is 0 Å². The molecule has 1 aromatic carbocycles. The normalized spacial score (nSPS) is 17.4. The van der Waals surface area contributed by atoms with Gasteiger partial charge in [-0.05, 0) is 56.2 Å². The van der Waals surface area contributed by atoms with Crippen LogP contribution in [-0.2, 0) is 17.6 Å². The zero-order chi connectivity index (χ0) is 20.8. The molecule has 2 aliphatic carbocycles. The molecule has 0 unspecified atom stereocenters. The first-order chi connectivity index (χ1) is 15.2. The molecule has 1 aliphatic heterocycles. The standard InChI is InChI=1S/C23H23N3O3S2/c27-19(24-14-7-8-16-17(11-14)29-10-9-28-16)12-30-22-20-15-3-1-2-4-18(15)31-23(20)26-21(25-22)13-5-6-13/h7-8,11,13H,1-6,9-10,12H2,(H,24,27). The van der Waals surface area contributed by atoms with Crippen LogP contribution in [0, 0.1) is 0 Å². The van der Waals surface area contributed by atoms with Crippen molar-refractivity contribution in [3.05, 3.63) is 34.5 Å². The molecule has 160 valence electrons. The van der Waals surface area contributed by atoms with Crippen molar-refractivity contribution in [2.24, 2.45) is 0 Å². The van der Waals surface area contributed by atoms with Gasteiger partial charge in [-0.2, -0.15) is 0 Å². The highest BCUT2D eigenvalue weighted by Crippen LogP contribution is 2.44. The molecule has 6 rings (SSSR count). The second kappa shape index (κ2) is 7.98. The third kappa shape index (κ3) is 3.87. The lowest BCUT2D eigenvalue weighted by molar-refractivity contribution is -0.113. The van der Waals surface area contributed by atoms with E-state index in [0.29, 0.717) is 36.3 Å². The van der Waals surface area contributed by atoms with Crippen LogP contribution in [-0.4, -0.2) is 34.8 Å². The summed E-state index contributed by atoms with van der Waals surface area (Å²) in [5.41, 5.74) is 2.14. The minimum absolute atomic E-state index is 0.0505. The number of carbonyl (C=O) groups excluding carboxylic acids is 1. The van der Waals surface area contributed by atoms with Gasteiger partial charge in [0.2, 0.25) is 5.91 Å². The molecule has 31 heavy (non-hydrogen) atoms. The average molecular weight is 454 g/mol. The summed E-state index contributed by atoms with van der Waals surface area (Å²) in [5.74, 6) is 3.11. The predicted molar refractivity (Wildman–Crippen MR) is 123 cm³/mol. The highest BCUT2D eigenvalue weighted by atomic mass is 32.2. The molecule has 0 radical (unpaired) electrons. The Labute approximate surface area is 188 Å². The van der Waals surface area contributed by atoms with Crippen molar-refractivity contribution in [3.8, 4) is 11.5 Å². The molecule has 1 N–H and O–H groups in total. The predicted octanol–water partition coefficient (Wildman–Crippen LogP) is 4.95. The van der Waals surface area contributed by atoms with Crippen molar-refractivity contribution < 1.29 is 14.3 Å². The van der Waals surface area contributed by atoms with Gasteiger partial charge in [-0.15, -0.1) is 11.3 Å². The molecule has 1 saturated carbocycles. The molecule has 1 fully saturated rings. The van der Waals surface area contributed by atoms with Crippen LogP contribution in [0.3, 0.4) is 0 Å². The highest BCUT2D eigenvalue weighted by molar-refractivity contribution is 8.00. The van der Waals surface area contributed by atoms with E-state index < -0.39 is 0 Å². The number of thiophene rings is 1. The lowest BCUT2D eigenvalue weighted by Crippen LogP contribution is -2.17. The number of hydrogen-bond donors (Lipinski definition) is 1. The number of nitrogens with zero attached hydrogens (tertiary/aromatic N) is 2. The lowest BCUT2D eigenvalue weighted by Gasteiger charge is -2.19. The van der Waals surface area contributed by atoms with Crippen molar-refractivity contribution >= 4 is 44.9 Å². The van der Waals surface area contributed by atoms with E-state index in [-0.39, 0.29) is 5.91 Å². The molecule has 0 spiro atoms. The number of nitrogens with one attached hydrogen (secondary N) is 1. The van der Waals surface area contributed by atoms with Crippen LogP contribution in [0.2, 0.25) is 0 Å². The quantitative estimate of drug-likeness (QED) is 0.435. The minimum atomic E-state index is -0.0505. The number of aryl methyl sites for hydroxylation is 2. The number of rotatable bonds is 5. The number of thioether (sulfide) groups is 1. The van der Waals surface area contributed by atoms with Crippen LogP contribution in [0.4, 0.5) is 5.69 Å². The molecule has 8 heteroatoms. The Kier molecular flexibility index (Phi) is 4.99. The van der Waals surface area contributed by atoms with Gasteiger partial charge in [0.05, 0.1) is 5.75 Å². The average Bonchev–Trinajstić information content (AvgIpc) is 3.58. The lowest BCUT2D eigenvalue weighted by atomic mass is 9.97. The third-order valence-corrected chi connectivity index (χ3v) is 8.07. The molecule has 3 heterocycles. The number of ether oxygens (including phenoxy) is 2. The fourth-order valence-corrected chi connectivity index (χ4v) is 6.42. The molecule has 3 aliphatic rings. The molecule has 0 bridgehead atoms. The maximum atomic E-state index is 12.7. The highest BCUT2D eigenvalue weighted by Gasteiger charge is 2.29. The zero-order valence-electron chi connectivity index (χ0n) is 17.1. The Morgan fingerprint density at radius 3 is 2.84 bits per heavy atom. The maximum Gasteiger partial charge on any atom is 0.234 e. The Bertz CT molecular complexity index is 1170. The van der Waals surface area contributed by atoms with E-state index in [0.717, 1.165) is 34.3 Å². The van der Waals surface area contributed by atoms with Gasteiger partial charge in [0.25, 0.3) is 0 Å². The van der Waals surface area contributed by atoms with Gasteiger partial charge in [0.15, 0.2) is 11.5 Å². The number of hydrogen-bond acceptors (Lipinski definition) is 7. The summed E-state index contributed by atoms with van der Waals surface area (Å²) in [4.78, 5) is 25.1. The Morgan fingerprint density at radius 1 is 1.13 bits per heavy atom. The molecule has 3 aromatic rings. The summed E-state index contributed by atoms with van der Waals surface area (Å²) >= 11 is 3.36. The summed E-state index contributed by atoms with van der Waals surface area (Å²) in [7, 11) is 0. The number of fused-ring (bicyclic) bond motifs is 4. The number of benzene rings is 1. The number of anilines is 1. The smallest absolute Gasteiger partial charge is 0.234 e. The summed E-state index contributed by atoms with van der Waals surface area (Å²) in [5, 5.41) is 5.15. The third-order valence-electron chi connectivity index (χ3n) is 5.91. The van der Waals surface area contributed by atoms with Crippen LogP contribution < -0.4 is 14.8 Å². The Hall–Kier alpha value is -2.32. The van der Waals surface area contributed by atoms with Crippen LogP contribution >= 0.6 is 23.1 Å². The van der Waals surface area contributed by atoms with Gasteiger partial charge >= 0.3 is 0 Å². The zero-order valence-corrected chi connectivity index (χ0v) is 18.7. The van der Waals surface area contributed by atoms with Crippen LogP contribution in [0.25, 0.3) is 10.2 Å². The molecule has 6 nitrogen and oxygen atoms in total. The van der Waals surface area contributed by atoms with E-state index in [1.165, 1.54) is 53.3 Å². The number of amides is 1. The van der Waals surface area contributed by atoms with Crippen molar-refractivity contribution in [3.63, 3.8) is 0 Å². The fraction of sp³-hybridized carbons (Fsp3) is 0.435. The molecule has 2 aromatic heterocycles. The first kappa shape index (κ1) is 19.4. The maximum absolute atomic E-state index is 12.7. The Morgan fingerprint density at radius 2 is 1.97 bits per heavy atom. The van der Waals surface area contributed by atoms with Crippen LogP contribution in [0.5, 0.6) is 11.5 Å². The first-order valence-corrected chi connectivity index (χ1v) is 12.7. The second-order valence-corrected chi connectivity index (χ2v) is 10.3. The van der Waals surface area contributed by atoms with Crippen molar-refractivity contribution in [2.45, 2.75) is 49.5 Å².